The van der Waals surface area contributed by atoms with Crippen LogP contribution in [-0.2, 0) is 10.0 Å². The van der Waals surface area contributed by atoms with Gasteiger partial charge < -0.3 is 10.2 Å². The van der Waals surface area contributed by atoms with E-state index in [2.05, 4.69) is 34.9 Å². The summed E-state index contributed by atoms with van der Waals surface area (Å²) in [7, 11) is -3.51. The molecule has 0 aliphatic heterocycles. The first kappa shape index (κ1) is 25.7. The number of halogens is 1. The third-order valence-corrected chi connectivity index (χ3v) is 8.54. The third kappa shape index (κ3) is 6.42. The summed E-state index contributed by atoms with van der Waals surface area (Å²) in [6.45, 7) is 7.35. The zero-order chi connectivity index (χ0) is 24.8. The van der Waals surface area contributed by atoms with Gasteiger partial charge in [-0.25, -0.2) is 18.1 Å². The molecule has 0 bridgehead atoms. The molecule has 35 heavy (non-hydrogen) atoms. The number of hydrogen-bond acceptors (Lipinski definition) is 6. The van der Waals surface area contributed by atoms with Gasteiger partial charge in [0, 0.05) is 36.6 Å². The SMILES string of the molecule is CCN(CC)c1nc(NC[C@H]2CC[C@H](CNS(=O)(=O)c3ccc(Cl)cc3)CC2)nc2ccccc12. The fourth-order valence-corrected chi connectivity index (χ4v) is 5.95. The van der Waals surface area contributed by atoms with Crippen LogP contribution in [0.3, 0.4) is 0 Å². The standard InChI is InChI=1S/C26H34ClN5O2S/c1-3-32(4-2)25-23-7-5-6-8-24(23)30-26(31-25)28-17-19-9-11-20(12-10-19)18-29-35(33,34)22-15-13-21(27)14-16-22/h5-8,13-16,19-20,29H,3-4,9-12,17-18H2,1-2H3,(H,28,30,31)/t19-,20-. The van der Waals surface area contributed by atoms with Gasteiger partial charge in [0.15, 0.2) is 0 Å². The summed E-state index contributed by atoms with van der Waals surface area (Å²) >= 11 is 5.87. The van der Waals surface area contributed by atoms with Crippen molar-refractivity contribution in [2.45, 2.75) is 44.4 Å². The van der Waals surface area contributed by atoms with E-state index in [1.807, 2.05) is 18.2 Å². The minimum atomic E-state index is -3.51. The van der Waals surface area contributed by atoms with Crippen LogP contribution >= 0.6 is 11.6 Å². The Morgan fingerprint density at radius 3 is 2.20 bits per heavy atom. The highest BCUT2D eigenvalue weighted by Gasteiger charge is 2.24. The summed E-state index contributed by atoms with van der Waals surface area (Å²) in [5.74, 6) is 2.51. The van der Waals surface area contributed by atoms with E-state index in [1.165, 1.54) is 12.1 Å². The molecule has 0 atom stereocenters. The second kappa shape index (κ2) is 11.5. The summed E-state index contributed by atoms with van der Waals surface area (Å²) in [6.07, 6.45) is 4.10. The van der Waals surface area contributed by atoms with Crippen molar-refractivity contribution in [3.05, 3.63) is 53.6 Å². The normalized spacial score (nSPS) is 18.5. The van der Waals surface area contributed by atoms with Gasteiger partial charge in [-0.05, 0) is 87.8 Å². The number of hydrogen-bond donors (Lipinski definition) is 2. The highest BCUT2D eigenvalue weighted by atomic mass is 35.5. The third-order valence-electron chi connectivity index (χ3n) is 6.85. The van der Waals surface area contributed by atoms with Crippen molar-refractivity contribution in [1.82, 2.24) is 14.7 Å². The minimum Gasteiger partial charge on any atom is -0.356 e. The molecule has 0 amide bonds. The Morgan fingerprint density at radius 2 is 1.54 bits per heavy atom. The fourth-order valence-electron chi connectivity index (χ4n) is 4.70. The monoisotopic (exact) mass is 515 g/mol. The second-order valence-electron chi connectivity index (χ2n) is 9.13. The molecule has 1 fully saturated rings. The lowest BCUT2D eigenvalue weighted by atomic mass is 9.82. The maximum atomic E-state index is 12.5. The van der Waals surface area contributed by atoms with E-state index in [0.29, 0.717) is 29.4 Å². The average Bonchev–Trinajstić information content (AvgIpc) is 2.88. The molecule has 188 valence electrons. The lowest BCUT2D eigenvalue weighted by Crippen LogP contribution is -2.32. The quantitative estimate of drug-likeness (QED) is 0.379. The molecule has 1 saturated carbocycles. The molecule has 1 aliphatic rings. The number of para-hydroxylation sites is 1. The molecule has 0 spiro atoms. The molecule has 0 unspecified atom stereocenters. The number of nitrogens with zero attached hydrogens (tertiary/aromatic N) is 3. The van der Waals surface area contributed by atoms with E-state index >= 15 is 0 Å². The Morgan fingerprint density at radius 1 is 0.914 bits per heavy atom. The van der Waals surface area contributed by atoms with E-state index in [1.54, 1.807) is 12.1 Å². The molecule has 4 rings (SSSR count). The van der Waals surface area contributed by atoms with Gasteiger partial charge in [-0.1, -0.05) is 23.7 Å². The van der Waals surface area contributed by atoms with Crippen LogP contribution in [0, 0.1) is 11.8 Å². The molecular formula is C26H34ClN5O2S. The minimum absolute atomic E-state index is 0.249. The molecule has 0 saturated heterocycles. The maximum Gasteiger partial charge on any atom is 0.240 e. The van der Waals surface area contributed by atoms with Gasteiger partial charge in [0.2, 0.25) is 16.0 Å². The van der Waals surface area contributed by atoms with Crippen molar-refractivity contribution in [2.75, 3.05) is 36.4 Å². The van der Waals surface area contributed by atoms with Gasteiger partial charge in [-0.3, -0.25) is 0 Å². The number of anilines is 2. The van der Waals surface area contributed by atoms with Crippen LogP contribution < -0.4 is 14.9 Å². The van der Waals surface area contributed by atoms with Crippen molar-refractivity contribution >= 4 is 44.3 Å². The molecule has 0 radical (unpaired) electrons. The van der Waals surface area contributed by atoms with E-state index < -0.39 is 10.0 Å². The molecule has 9 heteroatoms. The van der Waals surface area contributed by atoms with Crippen molar-refractivity contribution in [3.8, 4) is 0 Å². The number of benzene rings is 2. The number of sulfonamides is 1. The van der Waals surface area contributed by atoms with Crippen LogP contribution in [-0.4, -0.2) is 44.6 Å². The summed E-state index contributed by atoms with van der Waals surface area (Å²) in [5, 5.41) is 5.07. The van der Waals surface area contributed by atoms with Crippen LogP contribution in [0.4, 0.5) is 11.8 Å². The van der Waals surface area contributed by atoms with Crippen molar-refractivity contribution in [1.29, 1.82) is 0 Å². The highest BCUT2D eigenvalue weighted by molar-refractivity contribution is 7.89. The molecular weight excluding hydrogens is 482 g/mol. The Balaban J connectivity index is 1.30. The van der Waals surface area contributed by atoms with Crippen molar-refractivity contribution < 1.29 is 8.42 Å². The smallest absolute Gasteiger partial charge is 0.240 e. The first-order chi connectivity index (χ1) is 16.9. The van der Waals surface area contributed by atoms with E-state index in [4.69, 9.17) is 21.6 Å². The zero-order valence-corrected chi connectivity index (χ0v) is 21.9. The molecule has 1 heterocycles. The molecule has 2 aromatic carbocycles. The lowest BCUT2D eigenvalue weighted by Gasteiger charge is -2.29. The summed E-state index contributed by atoms with van der Waals surface area (Å²) < 4.78 is 27.9. The number of aromatic nitrogens is 2. The zero-order valence-electron chi connectivity index (χ0n) is 20.4. The van der Waals surface area contributed by atoms with Gasteiger partial charge in [-0.2, -0.15) is 4.98 Å². The van der Waals surface area contributed by atoms with Crippen molar-refractivity contribution in [2.24, 2.45) is 11.8 Å². The maximum absolute atomic E-state index is 12.5. The summed E-state index contributed by atoms with van der Waals surface area (Å²) in [4.78, 5) is 12.1. The van der Waals surface area contributed by atoms with E-state index in [-0.39, 0.29) is 4.90 Å². The number of fused-ring (bicyclic) bond motifs is 1. The molecule has 1 aliphatic carbocycles. The largest absolute Gasteiger partial charge is 0.356 e. The second-order valence-corrected chi connectivity index (χ2v) is 11.3. The topological polar surface area (TPSA) is 87.2 Å². The van der Waals surface area contributed by atoms with Gasteiger partial charge in [0.1, 0.15) is 5.82 Å². The van der Waals surface area contributed by atoms with Crippen LogP contribution in [0.25, 0.3) is 10.9 Å². The van der Waals surface area contributed by atoms with Crippen LogP contribution in [0.2, 0.25) is 5.02 Å². The van der Waals surface area contributed by atoms with Crippen LogP contribution in [0.15, 0.2) is 53.4 Å². The van der Waals surface area contributed by atoms with E-state index in [9.17, 15) is 8.42 Å². The number of rotatable bonds is 10. The van der Waals surface area contributed by atoms with E-state index in [0.717, 1.165) is 62.0 Å². The molecule has 7 nitrogen and oxygen atoms in total. The van der Waals surface area contributed by atoms with Gasteiger partial charge in [0.05, 0.1) is 10.4 Å². The molecule has 2 N–H and O–H groups in total. The average molecular weight is 516 g/mol. The first-order valence-corrected chi connectivity index (χ1v) is 14.3. The Hall–Kier alpha value is -2.42. The predicted octanol–water partition coefficient (Wildman–Crippen LogP) is 5.33. The number of nitrogens with one attached hydrogen (secondary N) is 2. The predicted molar refractivity (Wildman–Crippen MR) is 144 cm³/mol. The van der Waals surface area contributed by atoms with Gasteiger partial charge in [-0.15, -0.1) is 0 Å². The Kier molecular flexibility index (Phi) is 8.46. The van der Waals surface area contributed by atoms with Gasteiger partial charge >= 0.3 is 0 Å². The Labute approximate surface area is 213 Å². The summed E-state index contributed by atoms with van der Waals surface area (Å²) in [5.41, 5.74) is 0.948. The molecule has 3 aromatic rings. The summed E-state index contributed by atoms with van der Waals surface area (Å²) in [6, 6.07) is 14.4. The Bertz CT molecular complexity index is 1220. The molecule has 1 aromatic heterocycles. The van der Waals surface area contributed by atoms with Crippen molar-refractivity contribution in [3.63, 3.8) is 0 Å². The highest BCUT2D eigenvalue weighted by Crippen LogP contribution is 2.30. The lowest BCUT2D eigenvalue weighted by molar-refractivity contribution is 0.284. The first-order valence-electron chi connectivity index (χ1n) is 12.4. The van der Waals surface area contributed by atoms with Crippen LogP contribution in [0.5, 0.6) is 0 Å². The fraction of sp³-hybridized carbons (Fsp3) is 0.462. The van der Waals surface area contributed by atoms with Gasteiger partial charge in [0.25, 0.3) is 0 Å². The van der Waals surface area contributed by atoms with Crippen LogP contribution in [0.1, 0.15) is 39.5 Å².